The van der Waals surface area contributed by atoms with Crippen molar-refractivity contribution in [3.8, 4) is 0 Å². The summed E-state index contributed by atoms with van der Waals surface area (Å²) < 4.78 is 4.80. The molecule has 1 saturated carbocycles. The molecule has 0 saturated heterocycles. The van der Waals surface area contributed by atoms with E-state index in [0.29, 0.717) is 18.8 Å². The van der Waals surface area contributed by atoms with Gasteiger partial charge in [0.2, 0.25) is 0 Å². The van der Waals surface area contributed by atoms with Crippen molar-refractivity contribution >= 4 is 17.7 Å². The van der Waals surface area contributed by atoms with Crippen LogP contribution in [0.25, 0.3) is 0 Å². The van der Waals surface area contributed by atoms with Gasteiger partial charge < -0.3 is 9.84 Å². The lowest BCUT2D eigenvalue weighted by molar-refractivity contribution is -0.161. The number of hydrogen-bond acceptors (Lipinski definition) is 4. The molecule has 1 N–H and O–H groups in total. The van der Waals surface area contributed by atoms with E-state index in [4.69, 9.17) is 9.84 Å². The Morgan fingerprint density at radius 1 is 1.21 bits per heavy atom. The van der Waals surface area contributed by atoms with Gasteiger partial charge in [-0.2, -0.15) is 0 Å². The zero-order chi connectivity index (χ0) is 14.5. The van der Waals surface area contributed by atoms with Crippen molar-refractivity contribution in [2.24, 2.45) is 11.3 Å². The van der Waals surface area contributed by atoms with Crippen molar-refractivity contribution in [3.05, 3.63) is 0 Å². The summed E-state index contributed by atoms with van der Waals surface area (Å²) in [5.41, 5.74) is -1.03. The summed E-state index contributed by atoms with van der Waals surface area (Å²) in [6, 6.07) is 0. The molecule has 19 heavy (non-hydrogen) atoms. The zero-order valence-corrected chi connectivity index (χ0v) is 11.6. The highest BCUT2D eigenvalue weighted by Crippen LogP contribution is 2.41. The fourth-order valence-electron chi connectivity index (χ4n) is 2.69. The number of carboxylic acid groups (broad SMARTS) is 1. The van der Waals surface area contributed by atoms with Gasteiger partial charge in [0.05, 0.1) is 7.11 Å². The molecular formula is C14H22O5. The molecule has 0 amide bonds. The lowest BCUT2D eigenvalue weighted by atomic mass is 9.67. The van der Waals surface area contributed by atoms with Crippen LogP contribution in [0.3, 0.4) is 0 Å². The molecule has 0 unspecified atom stereocenters. The minimum atomic E-state index is -1.03. The average Bonchev–Trinajstić information content (AvgIpc) is 2.38. The van der Waals surface area contributed by atoms with Crippen LogP contribution in [0.1, 0.15) is 51.9 Å². The summed E-state index contributed by atoms with van der Waals surface area (Å²) in [6.07, 6.45) is 3.08. The molecule has 1 aliphatic rings. The second-order valence-corrected chi connectivity index (χ2v) is 5.43. The maximum atomic E-state index is 12.3. The number of methoxy groups -OCH3 is 1. The van der Waals surface area contributed by atoms with Gasteiger partial charge in [0.1, 0.15) is 11.2 Å². The molecule has 0 aromatic rings. The first-order valence-corrected chi connectivity index (χ1v) is 6.76. The van der Waals surface area contributed by atoms with E-state index in [-0.39, 0.29) is 25.0 Å². The summed E-state index contributed by atoms with van der Waals surface area (Å²) in [6.45, 7) is 2.11. The molecule has 5 nitrogen and oxygen atoms in total. The number of carbonyl (C=O) groups is 3. The van der Waals surface area contributed by atoms with Crippen molar-refractivity contribution in [1.29, 1.82) is 0 Å². The Bertz CT molecular complexity index is 353. The first-order chi connectivity index (χ1) is 8.92. The van der Waals surface area contributed by atoms with Crippen LogP contribution in [0.4, 0.5) is 0 Å². The van der Waals surface area contributed by atoms with Crippen molar-refractivity contribution in [1.82, 2.24) is 0 Å². The van der Waals surface area contributed by atoms with E-state index in [1.165, 1.54) is 7.11 Å². The summed E-state index contributed by atoms with van der Waals surface area (Å²) in [5.74, 6) is -1.02. The Morgan fingerprint density at radius 3 is 2.26 bits per heavy atom. The lowest BCUT2D eigenvalue weighted by Gasteiger charge is -2.35. The summed E-state index contributed by atoms with van der Waals surface area (Å²) in [5, 5.41) is 8.59. The quantitative estimate of drug-likeness (QED) is 0.591. The van der Waals surface area contributed by atoms with Crippen molar-refractivity contribution in [3.63, 3.8) is 0 Å². The summed E-state index contributed by atoms with van der Waals surface area (Å²) in [7, 11) is 1.30. The van der Waals surface area contributed by atoms with Gasteiger partial charge in [-0.1, -0.05) is 6.92 Å². The molecule has 0 bridgehead atoms. The van der Waals surface area contributed by atoms with Crippen LogP contribution in [-0.4, -0.2) is 29.9 Å². The van der Waals surface area contributed by atoms with Gasteiger partial charge in [0.15, 0.2) is 0 Å². The number of carbonyl (C=O) groups excluding carboxylic acids is 2. The maximum absolute atomic E-state index is 12.3. The van der Waals surface area contributed by atoms with E-state index in [1.54, 1.807) is 0 Å². The van der Waals surface area contributed by atoms with E-state index < -0.39 is 17.4 Å². The van der Waals surface area contributed by atoms with Gasteiger partial charge in [0, 0.05) is 12.8 Å². The first-order valence-electron chi connectivity index (χ1n) is 6.76. The van der Waals surface area contributed by atoms with Crippen LogP contribution in [-0.2, 0) is 19.1 Å². The Morgan fingerprint density at radius 2 is 1.79 bits per heavy atom. The normalized spacial score (nSPS) is 26.7. The standard InChI is InChI=1S/C14H22O5/c1-10-6-8-14(9-7-10,13(18)19-2)11(15)4-3-5-12(16)17/h10H,3-9H2,1-2H3,(H,16,17). The van der Waals surface area contributed by atoms with Gasteiger partial charge in [-0.25, -0.2) is 0 Å². The number of Topliss-reactive ketones (excluding diaryl/α,β-unsaturated/α-hetero) is 1. The Hall–Kier alpha value is -1.39. The van der Waals surface area contributed by atoms with E-state index >= 15 is 0 Å². The zero-order valence-electron chi connectivity index (χ0n) is 11.6. The van der Waals surface area contributed by atoms with Gasteiger partial charge in [-0.3, -0.25) is 14.4 Å². The van der Waals surface area contributed by atoms with Gasteiger partial charge in [-0.15, -0.1) is 0 Å². The highest BCUT2D eigenvalue weighted by Gasteiger charge is 2.47. The molecule has 1 rings (SSSR count). The second-order valence-electron chi connectivity index (χ2n) is 5.43. The average molecular weight is 270 g/mol. The molecule has 0 aliphatic heterocycles. The van der Waals surface area contributed by atoms with Gasteiger partial charge >= 0.3 is 11.9 Å². The van der Waals surface area contributed by atoms with Gasteiger partial charge in [0.25, 0.3) is 0 Å². The number of esters is 1. The van der Waals surface area contributed by atoms with Crippen molar-refractivity contribution in [2.75, 3.05) is 7.11 Å². The van der Waals surface area contributed by atoms with Gasteiger partial charge in [-0.05, 0) is 38.0 Å². The van der Waals surface area contributed by atoms with E-state index in [2.05, 4.69) is 6.92 Å². The van der Waals surface area contributed by atoms with Crippen LogP contribution in [0.15, 0.2) is 0 Å². The Kier molecular flexibility index (Phi) is 5.51. The van der Waals surface area contributed by atoms with Crippen LogP contribution < -0.4 is 0 Å². The minimum absolute atomic E-state index is 0.0423. The van der Waals surface area contributed by atoms with Crippen LogP contribution in [0, 0.1) is 11.3 Å². The first kappa shape index (κ1) is 15.7. The number of hydrogen-bond donors (Lipinski definition) is 1. The molecule has 1 fully saturated rings. The Balaban J connectivity index is 2.71. The summed E-state index contributed by atoms with van der Waals surface area (Å²) >= 11 is 0. The molecule has 108 valence electrons. The highest BCUT2D eigenvalue weighted by atomic mass is 16.5. The van der Waals surface area contributed by atoms with E-state index in [1.807, 2.05) is 0 Å². The van der Waals surface area contributed by atoms with Crippen LogP contribution in [0.5, 0.6) is 0 Å². The minimum Gasteiger partial charge on any atom is -0.481 e. The fraction of sp³-hybridized carbons (Fsp3) is 0.786. The number of aliphatic carboxylic acids is 1. The molecule has 0 aromatic carbocycles. The summed E-state index contributed by atoms with van der Waals surface area (Å²) in [4.78, 5) is 34.8. The smallest absolute Gasteiger partial charge is 0.319 e. The molecule has 0 heterocycles. The number of ketones is 1. The molecule has 1 aliphatic carbocycles. The molecule has 0 spiro atoms. The van der Waals surface area contributed by atoms with E-state index in [0.717, 1.165) is 12.8 Å². The van der Waals surface area contributed by atoms with Crippen molar-refractivity contribution < 1.29 is 24.2 Å². The number of rotatable bonds is 6. The Labute approximate surface area is 113 Å². The molecule has 0 atom stereocenters. The van der Waals surface area contributed by atoms with Crippen molar-refractivity contribution in [2.45, 2.75) is 51.9 Å². The SMILES string of the molecule is COC(=O)C1(C(=O)CCCC(=O)O)CCC(C)CC1. The van der Waals surface area contributed by atoms with Crippen LogP contribution >= 0.6 is 0 Å². The van der Waals surface area contributed by atoms with E-state index in [9.17, 15) is 14.4 Å². The highest BCUT2D eigenvalue weighted by molar-refractivity contribution is 6.03. The monoisotopic (exact) mass is 270 g/mol. The molecule has 0 aromatic heterocycles. The third-order valence-corrected chi connectivity index (χ3v) is 4.03. The fourth-order valence-corrected chi connectivity index (χ4v) is 2.69. The number of carboxylic acids is 1. The molecule has 0 radical (unpaired) electrons. The molecular weight excluding hydrogens is 248 g/mol. The predicted octanol–water partition coefficient (Wildman–Crippen LogP) is 2.18. The largest absolute Gasteiger partial charge is 0.481 e. The lowest BCUT2D eigenvalue weighted by Crippen LogP contribution is -2.43. The predicted molar refractivity (Wildman–Crippen MR) is 68.6 cm³/mol. The topological polar surface area (TPSA) is 80.7 Å². The third kappa shape index (κ3) is 3.78. The maximum Gasteiger partial charge on any atom is 0.319 e. The second kappa shape index (κ2) is 6.68. The third-order valence-electron chi connectivity index (χ3n) is 4.03. The van der Waals surface area contributed by atoms with Crippen LogP contribution in [0.2, 0.25) is 0 Å². The molecule has 5 heteroatoms. The number of ether oxygens (including phenoxy) is 1.